The molecule has 0 amide bonds. The Balaban J connectivity index is 2.62. The summed E-state index contributed by atoms with van der Waals surface area (Å²) in [5.74, 6) is 0. The van der Waals surface area contributed by atoms with E-state index < -0.39 is 0 Å². The van der Waals surface area contributed by atoms with Crippen LogP contribution in [0.25, 0.3) is 27.9 Å². The van der Waals surface area contributed by atoms with Crippen LogP contribution in [0.5, 0.6) is 0 Å². The first-order chi connectivity index (χ1) is 7.81. The van der Waals surface area contributed by atoms with E-state index in [-0.39, 0.29) is 0 Å². The smallest absolute Gasteiger partial charge is 0.0865 e. The third-order valence-electron chi connectivity index (χ3n) is 2.95. The molecule has 0 atom stereocenters. The fourth-order valence-corrected chi connectivity index (χ4v) is 2.19. The monoisotopic (exact) mass is 208 g/mol. The largest absolute Gasteiger partial charge is 0.353 e. The Kier molecular flexibility index (Phi) is 1.83. The Morgan fingerprint density at radius 1 is 1.31 bits per heavy atom. The number of para-hydroxylation sites is 1. The van der Waals surface area contributed by atoms with Crippen molar-refractivity contribution in [3.63, 3.8) is 0 Å². The quantitative estimate of drug-likeness (QED) is 0.649. The van der Waals surface area contributed by atoms with Crippen LogP contribution in [0.4, 0.5) is 0 Å². The molecule has 2 aromatic heterocycles. The van der Waals surface area contributed by atoms with Crippen LogP contribution in [0.15, 0.2) is 37.0 Å². The zero-order valence-corrected chi connectivity index (χ0v) is 9.12. The molecule has 0 aliphatic rings. The topological polar surface area (TPSA) is 28.7 Å². The van der Waals surface area contributed by atoms with Crippen LogP contribution in [0.3, 0.4) is 0 Å². The maximum absolute atomic E-state index is 4.37. The summed E-state index contributed by atoms with van der Waals surface area (Å²) < 4.78 is 0. The summed E-state index contributed by atoms with van der Waals surface area (Å²) in [6.45, 7) is 5.88. The molecule has 3 rings (SSSR count). The second-order valence-electron chi connectivity index (χ2n) is 3.95. The fourth-order valence-electron chi connectivity index (χ4n) is 2.19. The molecule has 0 radical (unpaired) electrons. The lowest BCUT2D eigenvalue weighted by Gasteiger charge is -1.99. The third kappa shape index (κ3) is 1.10. The van der Waals surface area contributed by atoms with Gasteiger partial charge in [-0.25, -0.2) is 0 Å². The van der Waals surface area contributed by atoms with Gasteiger partial charge in [-0.2, -0.15) is 0 Å². The lowest BCUT2D eigenvalue weighted by Crippen LogP contribution is -1.85. The number of aromatic amines is 1. The highest BCUT2D eigenvalue weighted by molar-refractivity contribution is 6.10. The first kappa shape index (κ1) is 9.16. The lowest BCUT2D eigenvalue weighted by molar-refractivity contribution is 1.27. The van der Waals surface area contributed by atoms with E-state index in [1.165, 1.54) is 16.3 Å². The van der Waals surface area contributed by atoms with Crippen molar-refractivity contribution >= 4 is 27.9 Å². The zero-order valence-electron chi connectivity index (χ0n) is 9.12. The van der Waals surface area contributed by atoms with Gasteiger partial charge in [-0.05, 0) is 24.6 Å². The molecular formula is C14H12N2. The minimum absolute atomic E-state index is 0.914. The normalized spacial score (nSPS) is 11.1. The Labute approximate surface area is 93.6 Å². The van der Waals surface area contributed by atoms with E-state index in [0.717, 1.165) is 16.7 Å². The molecule has 3 aromatic rings. The standard InChI is InChI=1S/C14H12N2/c1-3-11-14-13(9(2)8-15-11)10-6-4-5-7-12(10)16-14/h3-8,16H,1H2,2H3. The van der Waals surface area contributed by atoms with Crippen LogP contribution >= 0.6 is 0 Å². The van der Waals surface area contributed by atoms with Crippen molar-refractivity contribution in [2.75, 3.05) is 0 Å². The van der Waals surface area contributed by atoms with Crippen LogP contribution in [0, 0.1) is 6.92 Å². The van der Waals surface area contributed by atoms with Crippen molar-refractivity contribution in [2.24, 2.45) is 0 Å². The number of aromatic nitrogens is 2. The van der Waals surface area contributed by atoms with Crippen LogP contribution in [-0.4, -0.2) is 9.97 Å². The third-order valence-corrected chi connectivity index (χ3v) is 2.95. The van der Waals surface area contributed by atoms with Crippen LogP contribution in [0.2, 0.25) is 0 Å². The number of nitrogens with one attached hydrogen (secondary N) is 1. The van der Waals surface area contributed by atoms with Gasteiger partial charge in [0.2, 0.25) is 0 Å². The fraction of sp³-hybridized carbons (Fsp3) is 0.0714. The van der Waals surface area contributed by atoms with Gasteiger partial charge in [0.05, 0.1) is 11.2 Å². The maximum atomic E-state index is 4.37. The predicted octanol–water partition coefficient (Wildman–Crippen LogP) is 3.67. The number of fused-ring (bicyclic) bond motifs is 3. The molecule has 2 heteroatoms. The molecule has 0 aliphatic carbocycles. The number of hydrogen-bond donors (Lipinski definition) is 1. The van der Waals surface area contributed by atoms with Crippen LogP contribution < -0.4 is 0 Å². The molecule has 0 fully saturated rings. The van der Waals surface area contributed by atoms with Crippen molar-refractivity contribution in [3.05, 3.63) is 48.3 Å². The van der Waals surface area contributed by atoms with Crippen LogP contribution in [-0.2, 0) is 0 Å². The van der Waals surface area contributed by atoms with Gasteiger partial charge in [-0.1, -0.05) is 24.8 Å². The van der Waals surface area contributed by atoms with Crippen LogP contribution in [0.1, 0.15) is 11.3 Å². The van der Waals surface area contributed by atoms with Gasteiger partial charge in [0.15, 0.2) is 0 Å². The predicted molar refractivity (Wildman–Crippen MR) is 68.4 cm³/mol. The molecule has 1 N–H and O–H groups in total. The van der Waals surface area contributed by atoms with Crippen molar-refractivity contribution in [1.29, 1.82) is 0 Å². The molecule has 0 saturated carbocycles. The minimum atomic E-state index is 0.914. The zero-order chi connectivity index (χ0) is 11.1. The average molecular weight is 208 g/mol. The van der Waals surface area contributed by atoms with E-state index >= 15 is 0 Å². The molecule has 0 bridgehead atoms. The highest BCUT2D eigenvalue weighted by Crippen LogP contribution is 2.29. The Hall–Kier alpha value is -2.09. The van der Waals surface area contributed by atoms with E-state index in [9.17, 15) is 0 Å². The molecule has 0 saturated heterocycles. The van der Waals surface area contributed by atoms with Crippen molar-refractivity contribution in [2.45, 2.75) is 6.92 Å². The Bertz CT molecular complexity index is 692. The van der Waals surface area contributed by atoms with Gasteiger partial charge in [0.1, 0.15) is 0 Å². The highest BCUT2D eigenvalue weighted by Gasteiger charge is 2.09. The molecular weight excluding hydrogens is 196 g/mol. The lowest BCUT2D eigenvalue weighted by atomic mass is 10.1. The van der Waals surface area contributed by atoms with Gasteiger partial charge < -0.3 is 4.98 Å². The second-order valence-corrected chi connectivity index (χ2v) is 3.95. The molecule has 78 valence electrons. The van der Waals surface area contributed by atoms with Gasteiger partial charge >= 0.3 is 0 Å². The number of aryl methyl sites for hydroxylation is 1. The molecule has 0 aliphatic heterocycles. The Morgan fingerprint density at radius 2 is 2.12 bits per heavy atom. The van der Waals surface area contributed by atoms with Crippen molar-refractivity contribution in [3.8, 4) is 0 Å². The van der Waals surface area contributed by atoms with E-state index in [4.69, 9.17) is 0 Å². The molecule has 0 spiro atoms. The summed E-state index contributed by atoms with van der Waals surface area (Å²) in [4.78, 5) is 7.78. The van der Waals surface area contributed by atoms with Gasteiger partial charge in [0, 0.05) is 22.5 Å². The van der Waals surface area contributed by atoms with Gasteiger partial charge in [-0.15, -0.1) is 0 Å². The minimum Gasteiger partial charge on any atom is -0.353 e. The SMILES string of the molecule is C=Cc1ncc(C)c2c1[nH]c1ccccc12. The van der Waals surface area contributed by atoms with E-state index in [1.54, 1.807) is 6.08 Å². The number of pyridine rings is 1. The van der Waals surface area contributed by atoms with E-state index in [1.807, 2.05) is 12.3 Å². The van der Waals surface area contributed by atoms with E-state index in [2.05, 4.69) is 41.7 Å². The first-order valence-corrected chi connectivity index (χ1v) is 5.29. The summed E-state index contributed by atoms with van der Waals surface area (Å²) >= 11 is 0. The summed E-state index contributed by atoms with van der Waals surface area (Å²) in [6.07, 6.45) is 3.69. The molecule has 1 aromatic carbocycles. The Morgan fingerprint density at radius 3 is 2.94 bits per heavy atom. The summed E-state index contributed by atoms with van der Waals surface area (Å²) in [6, 6.07) is 8.31. The molecule has 2 nitrogen and oxygen atoms in total. The summed E-state index contributed by atoms with van der Waals surface area (Å²) in [7, 11) is 0. The molecule has 0 unspecified atom stereocenters. The molecule has 2 heterocycles. The average Bonchev–Trinajstić information content (AvgIpc) is 2.69. The summed E-state index contributed by atoms with van der Waals surface area (Å²) in [5.41, 5.74) is 4.34. The second kappa shape index (κ2) is 3.20. The number of rotatable bonds is 1. The number of hydrogen-bond acceptors (Lipinski definition) is 1. The number of H-pyrrole nitrogens is 1. The van der Waals surface area contributed by atoms with Crippen molar-refractivity contribution in [1.82, 2.24) is 9.97 Å². The summed E-state index contributed by atoms with van der Waals surface area (Å²) in [5, 5.41) is 2.50. The highest BCUT2D eigenvalue weighted by atomic mass is 14.8. The number of benzene rings is 1. The number of nitrogens with zero attached hydrogens (tertiary/aromatic N) is 1. The van der Waals surface area contributed by atoms with Gasteiger partial charge in [0.25, 0.3) is 0 Å². The van der Waals surface area contributed by atoms with E-state index in [0.29, 0.717) is 0 Å². The maximum Gasteiger partial charge on any atom is 0.0865 e. The van der Waals surface area contributed by atoms with Crippen molar-refractivity contribution < 1.29 is 0 Å². The van der Waals surface area contributed by atoms with Gasteiger partial charge in [-0.3, -0.25) is 4.98 Å². The molecule has 16 heavy (non-hydrogen) atoms. The first-order valence-electron chi connectivity index (χ1n) is 5.29.